The highest BCUT2D eigenvalue weighted by molar-refractivity contribution is 7.10. The Morgan fingerprint density at radius 2 is 1.58 bits per heavy atom. The maximum absolute atomic E-state index is 12.6. The van der Waals surface area contributed by atoms with Crippen LogP contribution in [-0.4, -0.2) is 24.8 Å². The first kappa shape index (κ1) is 19.1. The first-order valence-electron chi connectivity index (χ1n) is 7.82. The summed E-state index contributed by atoms with van der Waals surface area (Å²) in [6, 6.07) is 12.8. The number of nitrogens with one attached hydrogen (secondary N) is 3. The van der Waals surface area contributed by atoms with Crippen molar-refractivity contribution in [3.63, 3.8) is 0 Å². The van der Waals surface area contributed by atoms with E-state index in [1.165, 1.54) is 25.3 Å². The third-order valence-corrected chi connectivity index (χ3v) is 4.03. The molecule has 0 bridgehead atoms. The van der Waals surface area contributed by atoms with Crippen LogP contribution in [0, 0.1) is 0 Å². The molecule has 1 aromatic carbocycles. The topological polar surface area (TPSA) is 87.3 Å². The predicted molar refractivity (Wildman–Crippen MR) is 103 cm³/mol. The van der Waals surface area contributed by atoms with Gasteiger partial charge in [-0.3, -0.25) is 14.4 Å². The molecule has 0 spiro atoms. The highest BCUT2D eigenvalue weighted by Crippen LogP contribution is 2.13. The van der Waals surface area contributed by atoms with E-state index in [0.717, 1.165) is 10.4 Å². The lowest BCUT2D eigenvalue weighted by atomic mass is 10.2. The average Bonchev–Trinajstić information content (AvgIpc) is 3.13. The fourth-order valence-corrected chi connectivity index (χ4v) is 2.72. The summed E-state index contributed by atoms with van der Waals surface area (Å²) in [6.07, 6.45) is 3.12. The van der Waals surface area contributed by atoms with Crippen LogP contribution < -0.4 is 16.0 Å². The number of carbonyl (C=O) groups is 3. The summed E-state index contributed by atoms with van der Waals surface area (Å²) in [4.78, 5) is 37.0. The first-order valence-corrected chi connectivity index (χ1v) is 8.70. The molecule has 3 N–H and O–H groups in total. The zero-order valence-electron chi connectivity index (χ0n) is 14.4. The van der Waals surface area contributed by atoms with Gasteiger partial charge in [-0.1, -0.05) is 36.4 Å². The van der Waals surface area contributed by atoms with Crippen LogP contribution in [0.25, 0.3) is 12.2 Å². The van der Waals surface area contributed by atoms with E-state index >= 15 is 0 Å². The van der Waals surface area contributed by atoms with Gasteiger partial charge in [-0.2, -0.15) is 0 Å². The molecule has 7 heteroatoms. The van der Waals surface area contributed by atoms with Crippen LogP contribution >= 0.6 is 11.3 Å². The zero-order chi connectivity index (χ0) is 18.9. The van der Waals surface area contributed by atoms with E-state index in [1.54, 1.807) is 24.3 Å². The molecule has 0 aliphatic carbocycles. The fraction of sp³-hybridized carbons (Fsp3) is 0.105. The minimum absolute atomic E-state index is 0.0460. The van der Waals surface area contributed by atoms with Crippen molar-refractivity contribution in [1.29, 1.82) is 0 Å². The lowest BCUT2D eigenvalue weighted by Gasteiger charge is -2.12. The van der Waals surface area contributed by atoms with Gasteiger partial charge in [0.05, 0.1) is 0 Å². The summed E-state index contributed by atoms with van der Waals surface area (Å²) in [7, 11) is 1.48. The number of likely N-dealkylation sites (N-methyl/N-ethyl adjacent to an activating group) is 1. The van der Waals surface area contributed by atoms with Crippen molar-refractivity contribution in [2.45, 2.75) is 6.92 Å². The minimum atomic E-state index is -0.588. The minimum Gasteiger partial charge on any atom is -0.354 e. The van der Waals surface area contributed by atoms with Gasteiger partial charge >= 0.3 is 0 Å². The average molecular weight is 369 g/mol. The molecule has 0 saturated heterocycles. The van der Waals surface area contributed by atoms with E-state index in [2.05, 4.69) is 16.0 Å². The molecule has 6 nitrogen and oxygen atoms in total. The molecular weight excluding hydrogens is 350 g/mol. The SMILES string of the molecule is CNC(=O)C(=Cc1cccs1)NC(=O)C(=Cc1ccccc1)NC(C)=O. The van der Waals surface area contributed by atoms with Crippen LogP contribution in [0.2, 0.25) is 0 Å². The smallest absolute Gasteiger partial charge is 0.272 e. The molecule has 0 aliphatic rings. The Bertz CT molecular complexity index is 840. The van der Waals surface area contributed by atoms with Gasteiger partial charge in [0.2, 0.25) is 5.91 Å². The summed E-state index contributed by atoms with van der Waals surface area (Å²) in [5.41, 5.74) is 0.879. The molecule has 2 rings (SSSR count). The molecular formula is C19H19N3O3S. The Kier molecular flexibility index (Phi) is 6.87. The molecule has 134 valence electrons. The van der Waals surface area contributed by atoms with E-state index in [1.807, 2.05) is 35.7 Å². The Morgan fingerprint density at radius 1 is 0.885 bits per heavy atom. The van der Waals surface area contributed by atoms with Gasteiger partial charge in [-0.15, -0.1) is 11.3 Å². The van der Waals surface area contributed by atoms with Crippen molar-refractivity contribution in [3.8, 4) is 0 Å². The number of benzene rings is 1. The van der Waals surface area contributed by atoms with Crippen LogP contribution in [0.15, 0.2) is 59.2 Å². The number of hydrogen-bond acceptors (Lipinski definition) is 4. The largest absolute Gasteiger partial charge is 0.354 e. The van der Waals surface area contributed by atoms with Crippen molar-refractivity contribution in [3.05, 3.63) is 69.7 Å². The number of thiophene rings is 1. The second kappa shape index (κ2) is 9.33. The summed E-state index contributed by atoms with van der Waals surface area (Å²) in [5, 5.41) is 9.42. The molecule has 0 unspecified atom stereocenters. The molecule has 1 heterocycles. The monoisotopic (exact) mass is 369 g/mol. The van der Waals surface area contributed by atoms with Gasteiger partial charge in [0, 0.05) is 18.8 Å². The van der Waals surface area contributed by atoms with Gasteiger partial charge < -0.3 is 16.0 Å². The molecule has 26 heavy (non-hydrogen) atoms. The van der Waals surface area contributed by atoms with Gasteiger partial charge in [-0.25, -0.2) is 0 Å². The Balaban J connectivity index is 2.30. The van der Waals surface area contributed by atoms with Crippen molar-refractivity contribution < 1.29 is 14.4 Å². The van der Waals surface area contributed by atoms with Crippen LogP contribution in [-0.2, 0) is 14.4 Å². The van der Waals surface area contributed by atoms with Crippen LogP contribution in [0.5, 0.6) is 0 Å². The van der Waals surface area contributed by atoms with E-state index in [-0.39, 0.29) is 17.3 Å². The van der Waals surface area contributed by atoms with Crippen LogP contribution in [0.1, 0.15) is 17.4 Å². The summed E-state index contributed by atoms with van der Waals surface area (Å²) in [6.45, 7) is 1.31. The van der Waals surface area contributed by atoms with Gasteiger partial charge in [-0.05, 0) is 29.2 Å². The maximum atomic E-state index is 12.6. The molecule has 0 fully saturated rings. The van der Waals surface area contributed by atoms with Crippen LogP contribution in [0.4, 0.5) is 0 Å². The fourth-order valence-electron chi connectivity index (χ4n) is 2.06. The first-order chi connectivity index (χ1) is 12.5. The zero-order valence-corrected chi connectivity index (χ0v) is 15.2. The van der Waals surface area contributed by atoms with E-state index in [9.17, 15) is 14.4 Å². The van der Waals surface area contributed by atoms with Gasteiger partial charge in [0.1, 0.15) is 11.4 Å². The number of rotatable bonds is 6. The number of hydrogen-bond donors (Lipinski definition) is 3. The molecule has 0 radical (unpaired) electrons. The van der Waals surface area contributed by atoms with Gasteiger partial charge in [0.25, 0.3) is 11.8 Å². The Hall–Kier alpha value is -3.19. The number of amides is 3. The van der Waals surface area contributed by atoms with Crippen molar-refractivity contribution in [1.82, 2.24) is 16.0 Å². The lowest BCUT2D eigenvalue weighted by Crippen LogP contribution is -2.37. The second-order valence-corrected chi connectivity index (χ2v) is 6.24. The normalized spacial score (nSPS) is 11.6. The quantitative estimate of drug-likeness (QED) is 0.682. The standard InChI is InChI=1S/C19H19N3O3S/c1-13(23)21-16(11-14-7-4-3-5-8-14)19(25)22-17(18(24)20-2)12-15-9-6-10-26-15/h3-12H,1-2H3,(H,20,24)(H,21,23)(H,22,25). The summed E-state index contributed by atoms with van der Waals surface area (Å²) in [5.74, 6) is -1.41. The molecule has 0 saturated carbocycles. The van der Waals surface area contributed by atoms with Crippen molar-refractivity contribution >= 4 is 41.2 Å². The number of carbonyl (C=O) groups excluding carboxylic acids is 3. The third-order valence-electron chi connectivity index (χ3n) is 3.22. The molecule has 0 aliphatic heterocycles. The Labute approximate surface area is 155 Å². The van der Waals surface area contributed by atoms with Crippen molar-refractivity contribution in [2.24, 2.45) is 0 Å². The van der Waals surface area contributed by atoms with E-state index < -0.39 is 11.8 Å². The Morgan fingerprint density at radius 3 is 2.15 bits per heavy atom. The summed E-state index contributed by atoms with van der Waals surface area (Å²) < 4.78 is 0. The third kappa shape index (κ3) is 5.71. The summed E-state index contributed by atoms with van der Waals surface area (Å²) >= 11 is 1.44. The predicted octanol–water partition coefficient (Wildman–Crippen LogP) is 2.13. The second-order valence-electron chi connectivity index (χ2n) is 5.26. The molecule has 1 aromatic heterocycles. The van der Waals surface area contributed by atoms with Crippen molar-refractivity contribution in [2.75, 3.05) is 7.05 Å². The van der Waals surface area contributed by atoms with E-state index in [4.69, 9.17) is 0 Å². The van der Waals surface area contributed by atoms with Crippen LogP contribution in [0.3, 0.4) is 0 Å². The maximum Gasteiger partial charge on any atom is 0.272 e. The molecule has 3 amide bonds. The van der Waals surface area contributed by atoms with Gasteiger partial charge in [0.15, 0.2) is 0 Å². The highest BCUT2D eigenvalue weighted by Gasteiger charge is 2.16. The van der Waals surface area contributed by atoms with E-state index in [0.29, 0.717) is 0 Å². The molecule has 2 aromatic rings. The lowest BCUT2D eigenvalue weighted by molar-refractivity contribution is -0.123. The highest BCUT2D eigenvalue weighted by atomic mass is 32.1. The molecule has 0 atom stereocenters.